The Kier molecular flexibility index (Phi) is 4.96. The highest BCUT2D eigenvalue weighted by atomic mass is 16.5. The monoisotopic (exact) mass is 241 g/mol. The van der Waals surface area contributed by atoms with E-state index in [4.69, 9.17) is 19.9 Å². The summed E-state index contributed by atoms with van der Waals surface area (Å²) in [5.41, 5.74) is 6.17. The number of rotatable bonds is 6. The van der Waals surface area contributed by atoms with Gasteiger partial charge in [0.25, 0.3) is 0 Å². The zero-order valence-electron chi connectivity index (χ0n) is 10.6. The minimum absolute atomic E-state index is 0.00329. The molecule has 0 bridgehead atoms. The molecule has 6 heteroatoms. The number of methoxy groups -OCH3 is 1. The highest BCUT2D eigenvalue weighted by Crippen LogP contribution is 2.27. The van der Waals surface area contributed by atoms with Crippen LogP contribution >= 0.6 is 0 Å². The predicted molar refractivity (Wildman–Crippen MR) is 64.2 cm³/mol. The van der Waals surface area contributed by atoms with Gasteiger partial charge in [0.05, 0.1) is 12.7 Å². The van der Waals surface area contributed by atoms with E-state index in [0.29, 0.717) is 24.1 Å². The summed E-state index contributed by atoms with van der Waals surface area (Å²) >= 11 is 0. The third-order valence-electron chi connectivity index (χ3n) is 1.87. The lowest BCUT2D eigenvalue weighted by molar-refractivity contribution is 0.0890. The molecule has 1 unspecified atom stereocenters. The zero-order chi connectivity index (χ0) is 12.8. The molecule has 0 fully saturated rings. The van der Waals surface area contributed by atoms with Crippen molar-refractivity contribution in [1.29, 1.82) is 0 Å². The third-order valence-corrected chi connectivity index (χ3v) is 1.87. The second-order valence-electron chi connectivity index (χ2n) is 3.95. The predicted octanol–water partition coefficient (Wildman–Crippen LogP) is 1.26. The van der Waals surface area contributed by atoms with E-state index in [0.717, 1.165) is 0 Å². The summed E-state index contributed by atoms with van der Waals surface area (Å²) in [5.74, 6) is 0.662. The molecule has 1 atom stereocenters. The number of nitrogens with zero attached hydrogens (tertiary/aromatic N) is 2. The Hall–Kier alpha value is -1.56. The molecular formula is C11H19N3O3. The molecule has 0 spiro atoms. The summed E-state index contributed by atoms with van der Waals surface area (Å²) in [5, 5.41) is 0. The van der Waals surface area contributed by atoms with Crippen LogP contribution in [0.3, 0.4) is 0 Å². The molecule has 0 aliphatic rings. The molecule has 0 saturated heterocycles. The number of nitrogen functional groups attached to an aromatic ring is 1. The molecule has 0 amide bonds. The van der Waals surface area contributed by atoms with E-state index in [1.54, 1.807) is 7.11 Å². The minimum Gasteiger partial charge on any atom is -0.473 e. The van der Waals surface area contributed by atoms with Crippen molar-refractivity contribution < 1.29 is 14.2 Å². The fourth-order valence-corrected chi connectivity index (χ4v) is 1.23. The van der Waals surface area contributed by atoms with Gasteiger partial charge in [-0.05, 0) is 20.8 Å². The number of ether oxygens (including phenoxy) is 3. The van der Waals surface area contributed by atoms with Crippen molar-refractivity contribution in [2.45, 2.75) is 33.0 Å². The van der Waals surface area contributed by atoms with Gasteiger partial charge in [0, 0.05) is 7.11 Å². The van der Waals surface area contributed by atoms with Crippen LogP contribution in [0, 0.1) is 0 Å². The van der Waals surface area contributed by atoms with E-state index in [-0.39, 0.29) is 12.2 Å². The molecular weight excluding hydrogens is 222 g/mol. The van der Waals surface area contributed by atoms with Crippen LogP contribution < -0.4 is 15.2 Å². The van der Waals surface area contributed by atoms with Crippen molar-refractivity contribution >= 4 is 5.69 Å². The van der Waals surface area contributed by atoms with Gasteiger partial charge in [-0.2, -0.15) is 9.97 Å². The lowest BCUT2D eigenvalue weighted by atomic mass is 10.4. The summed E-state index contributed by atoms with van der Waals surface area (Å²) in [4.78, 5) is 7.94. The van der Waals surface area contributed by atoms with Crippen molar-refractivity contribution in [3.63, 3.8) is 0 Å². The molecule has 0 aliphatic heterocycles. The number of hydrogen-bond acceptors (Lipinski definition) is 6. The summed E-state index contributed by atoms with van der Waals surface area (Å²) in [7, 11) is 1.61. The Morgan fingerprint density at radius 1 is 1.18 bits per heavy atom. The van der Waals surface area contributed by atoms with Crippen molar-refractivity contribution in [3.8, 4) is 11.8 Å². The summed E-state index contributed by atoms with van der Waals surface area (Å²) in [6.07, 6.45) is 1.23. The smallest absolute Gasteiger partial charge is 0.244 e. The molecule has 0 radical (unpaired) electrons. The first-order valence-electron chi connectivity index (χ1n) is 5.47. The third kappa shape index (κ3) is 4.07. The first-order valence-corrected chi connectivity index (χ1v) is 5.47. The number of hydrogen-bond donors (Lipinski definition) is 1. The molecule has 1 rings (SSSR count). The van der Waals surface area contributed by atoms with Gasteiger partial charge in [-0.15, -0.1) is 0 Å². The van der Waals surface area contributed by atoms with E-state index >= 15 is 0 Å². The van der Waals surface area contributed by atoms with Crippen LogP contribution in [-0.4, -0.2) is 35.9 Å². The van der Waals surface area contributed by atoms with Gasteiger partial charge in [0.1, 0.15) is 12.4 Å². The second-order valence-corrected chi connectivity index (χ2v) is 3.95. The maximum absolute atomic E-state index is 5.86. The summed E-state index contributed by atoms with van der Waals surface area (Å²) in [6.45, 7) is 6.13. The van der Waals surface area contributed by atoms with Crippen molar-refractivity contribution in [2.75, 3.05) is 19.5 Å². The molecule has 0 aromatic carbocycles. The maximum atomic E-state index is 5.86. The molecule has 17 heavy (non-hydrogen) atoms. The van der Waals surface area contributed by atoms with E-state index in [2.05, 4.69) is 9.97 Å². The van der Waals surface area contributed by atoms with Gasteiger partial charge in [0.2, 0.25) is 11.8 Å². The maximum Gasteiger partial charge on any atom is 0.244 e. The van der Waals surface area contributed by atoms with Crippen LogP contribution in [0.2, 0.25) is 0 Å². The van der Waals surface area contributed by atoms with Crippen LogP contribution in [-0.2, 0) is 4.74 Å². The fraction of sp³-hybridized carbons (Fsp3) is 0.636. The standard InChI is InChI=1S/C11H19N3O3/c1-7(2)16-10-9(12)11(14-6-13-10)17-8(3)5-15-4/h6-8H,5,12H2,1-4H3. The van der Waals surface area contributed by atoms with Gasteiger partial charge in [-0.3, -0.25) is 0 Å². The number of aromatic nitrogens is 2. The Balaban J connectivity index is 2.79. The highest BCUT2D eigenvalue weighted by Gasteiger charge is 2.14. The van der Waals surface area contributed by atoms with Crippen LogP contribution in [0.4, 0.5) is 5.69 Å². The Bertz CT molecular complexity index is 358. The molecule has 6 nitrogen and oxygen atoms in total. The first-order chi connectivity index (χ1) is 8.04. The second kappa shape index (κ2) is 6.24. The highest BCUT2D eigenvalue weighted by molar-refractivity contribution is 5.55. The van der Waals surface area contributed by atoms with Crippen molar-refractivity contribution in [2.24, 2.45) is 0 Å². The largest absolute Gasteiger partial charge is 0.473 e. The van der Waals surface area contributed by atoms with Gasteiger partial charge in [0.15, 0.2) is 5.69 Å². The molecule has 0 saturated carbocycles. The van der Waals surface area contributed by atoms with Crippen LogP contribution in [0.15, 0.2) is 6.33 Å². The molecule has 2 N–H and O–H groups in total. The summed E-state index contributed by atoms with van der Waals surface area (Å²) in [6, 6.07) is 0. The molecule has 96 valence electrons. The first kappa shape index (κ1) is 13.5. The zero-order valence-corrected chi connectivity index (χ0v) is 10.6. The molecule has 1 aromatic heterocycles. The van der Waals surface area contributed by atoms with E-state index in [9.17, 15) is 0 Å². The molecule has 0 aliphatic carbocycles. The average Bonchev–Trinajstić information content (AvgIpc) is 2.23. The SMILES string of the molecule is COCC(C)Oc1ncnc(OC(C)C)c1N. The quantitative estimate of drug-likeness (QED) is 0.807. The Morgan fingerprint density at radius 2 is 1.76 bits per heavy atom. The van der Waals surface area contributed by atoms with E-state index in [1.807, 2.05) is 20.8 Å². The molecule has 1 heterocycles. The Morgan fingerprint density at radius 3 is 2.29 bits per heavy atom. The normalized spacial score (nSPS) is 12.5. The number of anilines is 1. The van der Waals surface area contributed by atoms with E-state index < -0.39 is 0 Å². The lowest BCUT2D eigenvalue weighted by Gasteiger charge is -2.16. The lowest BCUT2D eigenvalue weighted by Crippen LogP contribution is -2.20. The topological polar surface area (TPSA) is 79.5 Å². The summed E-state index contributed by atoms with van der Waals surface area (Å²) < 4.78 is 15.9. The molecule has 1 aromatic rings. The van der Waals surface area contributed by atoms with Gasteiger partial charge >= 0.3 is 0 Å². The van der Waals surface area contributed by atoms with E-state index in [1.165, 1.54) is 6.33 Å². The van der Waals surface area contributed by atoms with Gasteiger partial charge < -0.3 is 19.9 Å². The Labute approximate surface area is 101 Å². The van der Waals surface area contributed by atoms with Gasteiger partial charge in [-0.1, -0.05) is 0 Å². The van der Waals surface area contributed by atoms with Crippen molar-refractivity contribution in [1.82, 2.24) is 9.97 Å². The van der Waals surface area contributed by atoms with Crippen LogP contribution in [0.5, 0.6) is 11.8 Å². The average molecular weight is 241 g/mol. The van der Waals surface area contributed by atoms with Crippen molar-refractivity contribution in [3.05, 3.63) is 6.33 Å². The fourth-order valence-electron chi connectivity index (χ4n) is 1.23. The van der Waals surface area contributed by atoms with Crippen LogP contribution in [0.1, 0.15) is 20.8 Å². The number of nitrogens with two attached hydrogens (primary N) is 1. The van der Waals surface area contributed by atoms with Gasteiger partial charge in [-0.25, -0.2) is 0 Å². The van der Waals surface area contributed by atoms with Crippen LogP contribution in [0.25, 0.3) is 0 Å². The minimum atomic E-state index is -0.135.